The molecule has 0 aromatic heterocycles. The zero-order chi connectivity index (χ0) is 28.5. The van der Waals surface area contributed by atoms with E-state index in [2.05, 4.69) is 4.72 Å². The molecule has 0 spiro atoms. The molecule has 0 bridgehead atoms. The highest BCUT2D eigenvalue weighted by atomic mass is 32.2. The van der Waals surface area contributed by atoms with Gasteiger partial charge in [-0.1, -0.05) is 18.2 Å². The number of carboxylic acid groups (broad SMARTS) is 1. The molecule has 2 rings (SSSR count). The third-order valence-corrected chi connectivity index (χ3v) is 7.55. The molecule has 1 saturated heterocycles. The maximum absolute atomic E-state index is 12.9. The van der Waals surface area contributed by atoms with Crippen molar-refractivity contribution in [3.05, 3.63) is 30.3 Å². The van der Waals surface area contributed by atoms with E-state index in [0.717, 1.165) is 0 Å². The number of amides is 3. The lowest BCUT2D eigenvalue weighted by Crippen LogP contribution is -2.50. The summed E-state index contributed by atoms with van der Waals surface area (Å²) in [5, 5.41) is 9.72. The van der Waals surface area contributed by atoms with Gasteiger partial charge in [0.15, 0.2) is 0 Å². The van der Waals surface area contributed by atoms with E-state index in [1.165, 1.54) is 29.2 Å². The molecule has 38 heavy (non-hydrogen) atoms. The van der Waals surface area contributed by atoms with Crippen molar-refractivity contribution < 1.29 is 37.4 Å². The van der Waals surface area contributed by atoms with E-state index in [-0.39, 0.29) is 36.3 Å². The van der Waals surface area contributed by atoms with Gasteiger partial charge in [0, 0.05) is 39.0 Å². The number of rotatable bonds is 12. The maximum atomic E-state index is 12.9. The molecule has 1 atom stereocenters. The first-order valence-electron chi connectivity index (χ1n) is 12.5. The van der Waals surface area contributed by atoms with Gasteiger partial charge in [-0.2, -0.15) is 4.72 Å². The number of hydrogen-bond donors (Lipinski definition) is 3. The topological polar surface area (TPSA) is 176 Å². The first-order chi connectivity index (χ1) is 17.7. The number of aliphatic carboxylic acids is 1. The van der Waals surface area contributed by atoms with Crippen molar-refractivity contribution in [2.24, 2.45) is 11.7 Å². The number of nitrogens with two attached hydrogens (primary N) is 1. The number of nitrogens with zero attached hydrogens (tertiary/aromatic N) is 2. The maximum Gasteiger partial charge on any atom is 0.410 e. The zero-order valence-electron chi connectivity index (χ0n) is 22.1. The molecular formula is C25H38N4O8S. The molecule has 3 amide bonds. The lowest BCUT2D eigenvalue weighted by atomic mass is 9.93. The van der Waals surface area contributed by atoms with Crippen LogP contribution in [0.4, 0.5) is 4.79 Å². The number of hydrogen-bond acceptors (Lipinski definition) is 7. The van der Waals surface area contributed by atoms with E-state index in [0.29, 0.717) is 32.4 Å². The fourth-order valence-electron chi connectivity index (χ4n) is 4.02. The third kappa shape index (κ3) is 10.3. The van der Waals surface area contributed by atoms with Crippen molar-refractivity contribution in [2.75, 3.05) is 26.2 Å². The number of piperidine rings is 1. The first kappa shape index (κ1) is 31.0. The largest absolute Gasteiger partial charge is 0.480 e. The second-order valence-corrected chi connectivity index (χ2v) is 12.0. The Bertz CT molecular complexity index is 1080. The van der Waals surface area contributed by atoms with Gasteiger partial charge in [-0.3, -0.25) is 14.4 Å². The summed E-state index contributed by atoms with van der Waals surface area (Å²) in [5.74, 6) is -2.46. The van der Waals surface area contributed by atoms with Gasteiger partial charge in [-0.25, -0.2) is 13.2 Å². The van der Waals surface area contributed by atoms with Gasteiger partial charge in [0.05, 0.1) is 4.90 Å². The van der Waals surface area contributed by atoms with E-state index < -0.39 is 46.0 Å². The highest BCUT2D eigenvalue weighted by molar-refractivity contribution is 7.89. The van der Waals surface area contributed by atoms with Crippen LogP contribution >= 0.6 is 0 Å². The molecule has 1 aromatic carbocycles. The van der Waals surface area contributed by atoms with Gasteiger partial charge >= 0.3 is 12.1 Å². The molecule has 1 heterocycles. The summed E-state index contributed by atoms with van der Waals surface area (Å²) in [6.07, 6.45) is 1.05. The van der Waals surface area contributed by atoms with Gasteiger partial charge in [0.1, 0.15) is 11.6 Å². The van der Waals surface area contributed by atoms with Gasteiger partial charge in [0.2, 0.25) is 21.8 Å². The number of nitrogens with one attached hydrogen (secondary N) is 1. The Labute approximate surface area is 223 Å². The highest BCUT2D eigenvalue weighted by Crippen LogP contribution is 2.23. The number of benzene rings is 1. The molecule has 212 valence electrons. The fraction of sp³-hybridized carbons (Fsp3) is 0.600. The molecule has 0 unspecified atom stereocenters. The average Bonchev–Trinajstić information content (AvgIpc) is 2.84. The first-order valence-corrected chi connectivity index (χ1v) is 14.0. The van der Waals surface area contributed by atoms with Gasteiger partial charge in [0.25, 0.3) is 0 Å². The van der Waals surface area contributed by atoms with Crippen LogP contribution < -0.4 is 10.5 Å². The minimum atomic E-state index is -4.16. The molecule has 0 radical (unpaired) electrons. The minimum Gasteiger partial charge on any atom is -0.480 e. The molecule has 1 aromatic rings. The van der Waals surface area contributed by atoms with Gasteiger partial charge in [-0.05, 0) is 58.1 Å². The van der Waals surface area contributed by atoms with Crippen molar-refractivity contribution in [2.45, 2.75) is 69.4 Å². The lowest BCUT2D eigenvalue weighted by molar-refractivity contribution is -0.141. The standard InChI is InChI=1S/C25H38N4O8S/c1-25(2,3)37-24(34)28-14-11-18(12-15-28)13-16-29(22(31)10-9-21(26)30)17-20(23(32)33)27-38(35,36)19-7-5-4-6-8-19/h4-8,18,20,27H,9-17H2,1-3H3,(H2,26,30)(H,32,33)/t20-/m0/s1. The van der Waals surface area contributed by atoms with E-state index >= 15 is 0 Å². The molecule has 12 nitrogen and oxygen atoms in total. The van der Waals surface area contributed by atoms with Crippen molar-refractivity contribution in [1.29, 1.82) is 0 Å². The molecule has 4 N–H and O–H groups in total. The Balaban J connectivity index is 2.05. The predicted molar refractivity (Wildman–Crippen MR) is 138 cm³/mol. The summed E-state index contributed by atoms with van der Waals surface area (Å²) in [6, 6.07) is 5.72. The zero-order valence-corrected chi connectivity index (χ0v) is 22.9. The van der Waals surface area contributed by atoms with Crippen LogP contribution in [0.15, 0.2) is 35.2 Å². The molecule has 1 aliphatic heterocycles. The van der Waals surface area contributed by atoms with Gasteiger partial charge in [-0.15, -0.1) is 0 Å². The number of ether oxygens (including phenoxy) is 1. The van der Waals surface area contributed by atoms with Crippen LogP contribution in [0.3, 0.4) is 0 Å². The van der Waals surface area contributed by atoms with Crippen molar-refractivity contribution >= 4 is 33.9 Å². The van der Waals surface area contributed by atoms with Gasteiger partial charge < -0.3 is 25.4 Å². The second-order valence-electron chi connectivity index (χ2n) is 10.3. The summed E-state index contributed by atoms with van der Waals surface area (Å²) < 4.78 is 33.0. The number of carbonyl (C=O) groups excluding carboxylic acids is 3. The average molecular weight is 555 g/mol. The molecule has 13 heteroatoms. The fourth-order valence-corrected chi connectivity index (χ4v) is 5.22. The Morgan fingerprint density at radius 3 is 2.26 bits per heavy atom. The van der Waals surface area contributed by atoms with Crippen molar-refractivity contribution in [3.8, 4) is 0 Å². The lowest BCUT2D eigenvalue weighted by Gasteiger charge is -2.34. The quantitative estimate of drug-likeness (QED) is 0.348. The van der Waals surface area contributed by atoms with E-state index in [1.807, 2.05) is 0 Å². The molecule has 0 aliphatic carbocycles. The molecule has 1 fully saturated rings. The van der Waals surface area contributed by atoms with E-state index in [9.17, 15) is 32.7 Å². The predicted octanol–water partition coefficient (Wildman–Crippen LogP) is 1.55. The minimum absolute atomic E-state index is 0.102. The monoisotopic (exact) mass is 554 g/mol. The van der Waals surface area contributed by atoms with Crippen LogP contribution in [0, 0.1) is 5.92 Å². The van der Waals surface area contributed by atoms with Crippen LogP contribution in [-0.2, 0) is 29.1 Å². The number of primary amides is 1. The van der Waals surface area contributed by atoms with Crippen LogP contribution in [0.25, 0.3) is 0 Å². The second kappa shape index (κ2) is 13.6. The summed E-state index contributed by atoms with van der Waals surface area (Å²) in [7, 11) is -4.16. The number of carboxylic acids is 1. The smallest absolute Gasteiger partial charge is 0.410 e. The molecule has 1 aliphatic rings. The Morgan fingerprint density at radius 2 is 1.74 bits per heavy atom. The Hall–Kier alpha value is -3.19. The van der Waals surface area contributed by atoms with Crippen LogP contribution in [0.5, 0.6) is 0 Å². The number of likely N-dealkylation sites (tertiary alicyclic amines) is 1. The SMILES string of the molecule is CC(C)(C)OC(=O)N1CCC(CCN(C[C@H](NS(=O)(=O)c2ccccc2)C(=O)O)C(=O)CCC(N)=O)CC1. The highest BCUT2D eigenvalue weighted by Gasteiger charge is 2.31. The Kier molecular flexibility index (Phi) is 11.1. The summed E-state index contributed by atoms with van der Waals surface area (Å²) in [6.45, 7) is 6.11. The van der Waals surface area contributed by atoms with E-state index in [1.54, 1.807) is 31.7 Å². The normalized spacial score (nSPS) is 15.5. The van der Waals surface area contributed by atoms with Crippen LogP contribution in [0.1, 0.15) is 52.9 Å². The summed E-state index contributed by atoms with van der Waals surface area (Å²) >= 11 is 0. The number of sulfonamides is 1. The molecule has 0 saturated carbocycles. The number of carbonyl (C=O) groups is 4. The molecular weight excluding hydrogens is 516 g/mol. The third-order valence-electron chi connectivity index (χ3n) is 6.06. The van der Waals surface area contributed by atoms with Crippen molar-refractivity contribution in [3.63, 3.8) is 0 Å². The summed E-state index contributed by atoms with van der Waals surface area (Å²) in [4.78, 5) is 51.1. The van der Waals surface area contributed by atoms with Crippen molar-refractivity contribution in [1.82, 2.24) is 14.5 Å². The Morgan fingerprint density at radius 1 is 1.13 bits per heavy atom. The van der Waals surface area contributed by atoms with Crippen LogP contribution in [-0.4, -0.2) is 85.0 Å². The van der Waals surface area contributed by atoms with Crippen LogP contribution in [0.2, 0.25) is 0 Å². The van der Waals surface area contributed by atoms with E-state index in [4.69, 9.17) is 10.5 Å². The summed E-state index contributed by atoms with van der Waals surface area (Å²) in [5.41, 5.74) is 4.57.